The van der Waals surface area contributed by atoms with Crippen molar-refractivity contribution < 1.29 is 27.0 Å². The van der Waals surface area contributed by atoms with Gasteiger partial charge in [0.05, 0.1) is 0 Å². The average Bonchev–Trinajstić information content (AvgIpc) is 2.77. The fourth-order valence-corrected chi connectivity index (χ4v) is 6.25. The number of rotatable bonds is 0. The third kappa shape index (κ3) is 1.30. The van der Waals surface area contributed by atoms with E-state index < -0.39 is 30.8 Å². The molecular weight excluding hydrogens is 288 g/mol. The van der Waals surface area contributed by atoms with E-state index in [1.165, 1.54) is 6.42 Å². The Morgan fingerprint density at radius 2 is 1.10 bits per heavy atom. The molecule has 6 heteroatoms. The molecule has 1 aliphatic heterocycles. The minimum atomic E-state index is -4.15. The lowest BCUT2D eigenvalue weighted by molar-refractivity contribution is -0.300. The minimum Gasteiger partial charge on any atom is -0.343 e. The molecule has 4 atom stereocenters. The topological polar surface area (TPSA) is 18.5 Å². The highest BCUT2D eigenvalue weighted by atomic mass is 19.3. The number of hydrogen-bond donors (Lipinski definition) is 0. The molecule has 0 amide bonds. The lowest BCUT2D eigenvalue weighted by Gasteiger charge is -2.50. The Kier molecular flexibility index (Phi) is 2.14. The van der Waals surface area contributed by atoms with E-state index >= 15 is 0 Å². The van der Waals surface area contributed by atoms with Gasteiger partial charge >= 0.3 is 11.8 Å². The maximum Gasteiger partial charge on any atom is 0.335 e. The maximum atomic E-state index is 13.6. The third-order valence-electron chi connectivity index (χ3n) is 7.22. The Morgan fingerprint density at radius 3 is 1.57 bits per heavy atom. The van der Waals surface area contributed by atoms with Crippen molar-refractivity contribution in [1.82, 2.24) is 0 Å². The molecule has 118 valence electrons. The molecule has 21 heavy (non-hydrogen) atoms. The van der Waals surface area contributed by atoms with Gasteiger partial charge in [-0.1, -0.05) is 0 Å². The van der Waals surface area contributed by atoms with Crippen LogP contribution in [0, 0.1) is 29.1 Å². The summed E-state index contributed by atoms with van der Waals surface area (Å²) < 4.78 is 65.3. The highest BCUT2D eigenvalue weighted by molar-refractivity contribution is 5.21. The summed E-state index contributed by atoms with van der Waals surface area (Å²) in [7, 11) is 0. The van der Waals surface area contributed by atoms with Crippen molar-refractivity contribution >= 4 is 0 Å². The second kappa shape index (κ2) is 3.42. The third-order valence-corrected chi connectivity index (χ3v) is 7.22. The van der Waals surface area contributed by atoms with Crippen LogP contribution >= 0.6 is 0 Å². The molecule has 2 spiro atoms. The van der Waals surface area contributed by atoms with E-state index in [2.05, 4.69) is 0 Å². The van der Waals surface area contributed by atoms with E-state index in [1.807, 2.05) is 0 Å². The van der Waals surface area contributed by atoms with E-state index in [0.717, 1.165) is 25.7 Å². The van der Waals surface area contributed by atoms with Gasteiger partial charge < -0.3 is 9.47 Å². The monoisotopic (exact) mass is 306 g/mol. The summed E-state index contributed by atoms with van der Waals surface area (Å²) in [4.78, 5) is 0. The first kappa shape index (κ1) is 13.1. The van der Waals surface area contributed by atoms with Gasteiger partial charge in [-0.25, -0.2) is 0 Å². The molecular formula is C15H18F4O2. The largest absolute Gasteiger partial charge is 0.343 e. The van der Waals surface area contributed by atoms with Crippen molar-refractivity contribution in [3.63, 3.8) is 0 Å². The average molecular weight is 306 g/mol. The van der Waals surface area contributed by atoms with Crippen LogP contribution < -0.4 is 0 Å². The van der Waals surface area contributed by atoms with E-state index in [-0.39, 0.29) is 11.8 Å². The summed E-state index contributed by atoms with van der Waals surface area (Å²) >= 11 is 0. The van der Waals surface area contributed by atoms with E-state index in [9.17, 15) is 17.6 Å². The van der Waals surface area contributed by atoms with E-state index in [4.69, 9.17) is 9.47 Å². The van der Waals surface area contributed by atoms with Gasteiger partial charge in [0.2, 0.25) is 0 Å². The molecule has 5 fully saturated rings. The predicted octanol–water partition coefficient (Wildman–Crippen LogP) is 3.46. The van der Waals surface area contributed by atoms with Crippen molar-refractivity contribution in [2.75, 3.05) is 13.2 Å². The summed E-state index contributed by atoms with van der Waals surface area (Å²) in [5, 5.41) is 0. The summed E-state index contributed by atoms with van der Waals surface area (Å²) in [5.74, 6) is -8.19. The second-order valence-corrected chi connectivity index (χ2v) is 7.84. The van der Waals surface area contributed by atoms with Crippen molar-refractivity contribution in [3.05, 3.63) is 0 Å². The zero-order valence-electron chi connectivity index (χ0n) is 11.6. The molecule has 4 saturated carbocycles. The molecule has 0 N–H and O–H groups in total. The maximum absolute atomic E-state index is 13.6. The van der Waals surface area contributed by atoms with Crippen LogP contribution in [0.2, 0.25) is 0 Å². The van der Waals surface area contributed by atoms with Crippen molar-refractivity contribution in [2.24, 2.45) is 29.1 Å². The van der Waals surface area contributed by atoms with Crippen LogP contribution in [0.25, 0.3) is 0 Å². The molecule has 0 aromatic heterocycles. The molecule has 0 radical (unpaired) electrons. The Morgan fingerprint density at radius 1 is 0.667 bits per heavy atom. The second-order valence-electron chi connectivity index (χ2n) is 7.84. The van der Waals surface area contributed by atoms with Gasteiger partial charge in [-0.05, 0) is 49.4 Å². The molecule has 0 aromatic carbocycles. The molecule has 5 aliphatic rings. The van der Waals surface area contributed by atoms with Gasteiger partial charge in [0.1, 0.15) is 13.2 Å². The van der Waals surface area contributed by atoms with Crippen LogP contribution in [0.3, 0.4) is 0 Å². The Balaban J connectivity index is 1.52. The first-order valence-electron chi connectivity index (χ1n) is 7.83. The summed E-state index contributed by atoms with van der Waals surface area (Å²) in [5.41, 5.74) is 0.366. The van der Waals surface area contributed by atoms with Gasteiger partial charge in [0, 0.05) is 11.8 Å². The van der Waals surface area contributed by atoms with Gasteiger partial charge in [-0.3, -0.25) is 0 Å². The zero-order valence-corrected chi connectivity index (χ0v) is 11.6. The van der Waals surface area contributed by atoms with Gasteiger partial charge in [0.15, 0.2) is 5.79 Å². The molecule has 1 heterocycles. The highest BCUT2D eigenvalue weighted by Crippen LogP contribution is 2.78. The smallest absolute Gasteiger partial charge is 0.335 e. The fourth-order valence-electron chi connectivity index (χ4n) is 6.25. The number of ether oxygens (including phenoxy) is 2. The molecule has 3 bridgehead atoms. The van der Waals surface area contributed by atoms with E-state index in [0.29, 0.717) is 17.3 Å². The summed E-state index contributed by atoms with van der Waals surface area (Å²) in [6.45, 7) is -2.45. The standard InChI is InChI=1S/C15H18F4O2/c16-13(17)6-20-15(21-7-14(13,18)19)10-2-8-1-9-3-11(15)5-12(8,9)4-10/h8-11H,1-7H2. The first-order chi connectivity index (χ1) is 9.79. The van der Waals surface area contributed by atoms with Crippen molar-refractivity contribution in [3.8, 4) is 0 Å². The van der Waals surface area contributed by atoms with Gasteiger partial charge in [-0.2, -0.15) is 17.6 Å². The van der Waals surface area contributed by atoms with Crippen LogP contribution in [-0.2, 0) is 9.47 Å². The van der Waals surface area contributed by atoms with Crippen LogP contribution in [0.15, 0.2) is 0 Å². The zero-order chi connectivity index (χ0) is 14.7. The Bertz CT molecular complexity index is 462. The number of fused-ring (bicyclic) bond motifs is 4. The van der Waals surface area contributed by atoms with Crippen LogP contribution in [0.1, 0.15) is 32.1 Å². The Labute approximate surface area is 120 Å². The number of hydrogen-bond acceptors (Lipinski definition) is 2. The van der Waals surface area contributed by atoms with Crippen molar-refractivity contribution in [1.29, 1.82) is 0 Å². The molecule has 4 aliphatic carbocycles. The molecule has 4 unspecified atom stereocenters. The minimum absolute atomic E-state index is 0.0125. The molecule has 0 aromatic rings. The van der Waals surface area contributed by atoms with Crippen molar-refractivity contribution in [2.45, 2.75) is 49.7 Å². The molecule has 1 saturated heterocycles. The number of alkyl halides is 4. The normalized spacial score (nSPS) is 54.3. The van der Waals surface area contributed by atoms with Gasteiger partial charge in [0.25, 0.3) is 0 Å². The first-order valence-corrected chi connectivity index (χ1v) is 7.83. The SMILES string of the molecule is FC1(F)COC2(OCC1(F)F)C1CC3CC4CC2CC34C1. The molecule has 2 nitrogen and oxygen atoms in total. The van der Waals surface area contributed by atoms with Crippen LogP contribution in [0.5, 0.6) is 0 Å². The lowest BCUT2D eigenvalue weighted by Crippen LogP contribution is -2.51. The van der Waals surface area contributed by atoms with Gasteiger partial charge in [-0.15, -0.1) is 0 Å². The van der Waals surface area contributed by atoms with Crippen LogP contribution in [-0.4, -0.2) is 30.8 Å². The quantitative estimate of drug-likeness (QED) is 0.638. The lowest BCUT2D eigenvalue weighted by atomic mass is 9.56. The number of halogens is 4. The molecule has 5 rings (SSSR count). The highest BCUT2D eigenvalue weighted by Gasteiger charge is 2.76. The summed E-state index contributed by atoms with van der Waals surface area (Å²) in [6, 6.07) is 0. The summed E-state index contributed by atoms with van der Waals surface area (Å²) in [6.07, 6.45) is 4.83. The Hall–Kier alpha value is -0.360. The van der Waals surface area contributed by atoms with E-state index in [1.54, 1.807) is 0 Å². The fraction of sp³-hybridized carbons (Fsp3) is 1.00. The predicted molar refractivity (Wildman–Crippen MR) is 64.0 cm³/mol. The van der Waals surface area contributed by atoms with Crippen LogP contribution in [0.4, 0.5) is 17.6 Å².